The zero-order valence-electron chi connectivity index (χ0n) is 15.9. The Kier molecular flexibility index (Phi) is 8.22. The molecule has 0 atom stereocenters. The molecule has 0 fully saturated rings. The van der Waals surface area contributed by atoms with Crippen molar-refractivity contribution < 1.29 is 17.6 Å². The molecule has 0 saturated carbocycles. The molecule has 0 radical (unpaired) electrons. The molecule has 11 heteroatoms. The summed E-state index contributed by atoms with van der Waals surface area (Å²) in [6, 6.07) is 6.49. The van der Waals surface area contributed by atoms with Crippen LogP contribution in [0.15, 0.2) is 70.8 Å². The van der Waals surface area contributed by atoms with Gasteiger partial charge in [-0.1, -0.05) is 17.7 Å². The average Bonchev–Trinajstić information content (AvgIpc) is 3.52. The highest BCUT2D eigenvalue weighted by atomic mass is 32.2. The van der Waals surface area contributed by atoms with Crippen molar-refractivity contribution in [1.29, 1.82) is 0 Å². The van der Waals surface area contributed by atoms with E-state index in [1.807, 2.05) is 6.92 Å². The smallest absolute Gasteiger partial charge is 0.316 e. The molecule has 0 aliphatic carbocycles. The van der Waals surface area contributed by atoms with E-state index in [1.165, 1.54) is 30.8 Å². The van der Waals surface area contributed by atoms with Gasteiger partial charge in [0, 0.05) is 12.4 Å². The Morgan fingerprint density at radius 3 is 2.30 bits per heavy atom. The van der Waals surface area contributed by atoms with Gasteiger partial charge in [-0.3, -0.25) is 19.8 Å². The van der Waals surface area contributed by atoms with Gasteiger partial charge in [-0.15, -0.1) is 0 Å². The van der Waals surface area contributed by atoms with Gasteiger partial charge in [0.2, 0.25) is 5.89 Å². The number of H-pyrrole nitrogens is 2. The zero-order valence-corrected chi connectivity index (χ0v) is 16.7. The van der Waals surface area contributed by atoms with Crippen molar-refractivity contribution in [2.24, 2.45) is 0 Å². The summed E-state index contributed by atoms with van der Waals surface area (Å²) >= 11 is 0. The van der Waals surface area contributed by atoms with Crippen LogP contribution in [0, 0.1) is 13.5 Å². The second kappa shape index (κ2) is 11.1. The highest BCUT2D eigenvalue weighted by Gasteiger charge is 2.16. The van der Waals surface area contributed by atoms with Crippen molar-refractivity contribution in [3.8, 4) is 11.5 Å². The molecule has 2 N–H and O–H groups in total. The Hall–Kier alpha value is -4.04. The number of nitrogens with zero attached hydrogens (tertiary/aromatic N) is 4. The van der Waals surface area contributed by atoms with Crippen LogP contribution in [-0.2, 0) is 9.84 Å². The van der Waals surface area contributed by atoms with E-state index in [1.54, 1.807) is 30.7 Å². The number of benzene rings is 1. The highest BCUT2D eigenvalue weighted by Crippen LogP contribution is 2.13. The zero-order chi connectivity index (χ0) is 21.8. The monoisotopic (exact) mass is 426 g/mol. The predicted octanol–water partition coefficient (Wildman–Crippen LogP) is 2.93. The van der Waals surface area contributed by atoms with Gasteiger partial charge in [-0.25, -0.2) is 20.0 Å². The first-order valence-corrected chi connectivity index (χ1v) is 10.1. The van der Waals surface area contributed by atoms with Crippen LogP contribution in [0.1, 0.15) is 15.9 Å². The topological polar surface area (TPSA) is 139 Å². The van der Waals surface area contributed by atoms with Crippen LogP contribution in [0.25, 0.3) is 16.3 Å². The number of aromatic amines is 2. The first-order chi connectivity index (χ1) is 14.5. The maximum atomic E-state index is 11.3. The summed E-state index contributed by atoms with van der Waals surface area (Å²) in [6.45, 7) is 8.38. The van der Waals surface area contributed by atoms with Crippen molar-refractivity contribution in [3.63, 3.8) is 0 Å². The van der Waals surface area contributed by atoms with Gasteiger partial charge in [-0.05, 0) is 19.1 Å². The van der Waals surface area contributed by atoms with Crippen LogP contribution in [0.5, 0.6) is 0 Å². The number of rotatable bonds is 4. The fourth-order valence-corrected chi connectivity index (χ4v) is 2.83. The van der Waals surface area contributed by atoms with Crippen LogP contribution in [0.3, 0.4) is 0 Å². The molecule has 1 aromatic carbocycles. The first kappa shape index (κ1) is 22.3. The van der Waals surface area contributed by atoms with Crippen LogP contribution in [0.4, 0.5) is 0 Å². The number of aldehydes is 1. The summed E-state index contributed by atoms with van der Waals surface area (Å²) in [6.07, 6.45) is 10.3. The lowest BCUT2D eigenvalue weighted by Crippen LogP contribution is -2.02. The molecule has 0 unspecified atom stereocenters. The highest BCUT2D eigenvalue weighted by molar-refractivity contribution is 7.91. The van der Waals surface area contributed by atoms with Crippen molar-refractivity contribution in [2.75, 3.05) is 5.88 Å². The lowest BCUT2D eigenvalue weighted by molar-refractivity contribution is 0.112. The Bertz CT molecular complexity index is 1110. The number of carbonyl (C=O) groups is 1. The number of nitrogens with one attached hydrogen (secondary N) is 2. The third kappa shape index (κ3) is 6.84. The standard InChI is InChI=1S/C9H9NO2S.C6H5N3O.C4H4N2O/c1-8-3-5-9(6-4-8)13(11,12)7-10-2;1-2-10-6(7-1)5-3-8-9-4-5;7-3-4-1-5-6-2-4/h3-6H,7H2,1H3;1-4H,(H,8,9);1-3H,(H,5,6). The van der Waals surface area contributed by atoms with E-state index >= 15 is 0 Å². The molecule has 0 bridgehead atoms. The molecule has 4 rings (SSSR count). The fraction of sp³-hybridized carbons (Fsp3) is 0.105. The van der Waals surface area contributed by atoms with E-state index in [2.05, 4.69) is 30.2 Å². The van der Waals surface area contributed by atoms with Gasteiger partial charge in [0.25, 0.3) is 9.84 Å². The van der Waals surface area contributed by atoms with Gasteiger partial charge < -0.3 is 4.42 Å². The second-order valence-corrected chi connectivity index (χ2v) is 7.65. The molecule has 0 aliphatic rings. The first-order valence-electron chi connectivity index (χ1n) is 8.41. The number of aryl methyl sites for hydroxylation is 1. The SMILES string of the molecule is O=Cc1cn[nH]c1.[C-]#[N+]CS(=O)(=O)c1ccc(C)cc1.c1coc(-c2cn[nH]c2)n1. The molecule has 4 aromatic rings. The number of sulfone groups is 1. The lowest BCUT2D eigenvalue weighted by atomic mass is 10.2. The summed E-state index contributed by atoms with van der Waals surface area (Å²) in [4.78, 5) is 16.8. The van der Waals surface area contributed by atoms with Gasteiger partial charge in [0.05, 0.1) is 34.6 Å². The molecule has 0 spiro atoms. The van der Waals surface area contributed by atoms with Gasteiger partial charge in [0.1, 0.15) is 6.26 Å². The number of aromatic nitrogens is 5. The molecular weight excluding hydrogens is 408 g/mol. The number of hydrogen-bond donors (Lipinski definition) is 2. The predicted molar refractivity (Wildman–Crippen MR) is 108 cm³/mol. The molecule has 0 amide bonds. The quantitative estimate of drug-likeness (QED) is 0.378. The Morgan fingerprint density at radius 2 is 1.83 bits per heavy atom. The molecule has 0 aliphatic heterocycles. The maximum Gasteiger partial charge on any atom is 0.316 e. The molecule has 154 valence electrons. The minimum absolute atomic E-state index is 0.217. The number of hydrogen-bond acceptors (Lipinski definition) is 7. The number of carbonyl (C=O) groups excluding carboxylic acids is 1. The third-order valence-electron chi connectivity index (χ3n) is 3.45. The molecule has 10 nitrogen and oxygen atoms in total. The number of oxazole rings is 1. The van der Waals surface area contributed by atoms with E-state index in [0.717, 1.165) is 17.4 Å². The third-order valence-corrected chi connectivity index (χ3v) is 4.91. The molecular formula is C19H18N6O4S. The van der Waals surface area contributed by atoms with Gasteiger partial charge >= 0.3 is 5.88 Å². The normalized spacial score (nSPS) is 10.0. The van der Waals surface area contributed by atoms with E-state index < -0.39 is 15.7 Å². The van der Waals surface area contributed by atoms with E-state index in [9.17, 15) is 13.2 Å². The Balaban J connectivity index is 0.000000167. The molecule has 3 heterocycles. The Morgan fingerprint density at radius 1 is 1.13 bits per heavy atom. The van der Waals surface area contributed by atoms with Crippen LogP contribution < -0.4 is 0 Å². The van der Waals surface area contributed by atoms with Crippen LogP contribution in [0.2, 0.25) is 0 Å². The van der Waals surface area contributed by atoms with E-state index in [4.69, 9.17) is 11.0 Å². The largest absolute Gasteiger partial charge is 0.444 e. The summed E-state index contributed by atoms with van der Waals surface area (Å²) in [7, 11) is -3.38. The Labute approximate surface area is 172 Å². The minimum atomic E-state index is -3.38. The van der Waals surface area contributed by atoms with Crippen molar-refractivity contribution in [2.45, 2.75) is 11.8 Å². The fourth-order valence-electron chi connectivity index (χ4n) is 1.96. The maximum absolute atomic E-state index is 11.3. The summed E-state index contributed by atoms with van der Waals surface area (Å²) in [5, 5.41) is 12.5. The van der Waals surface area contributed by atoms with Crippen molar-refractivity contribution >= 4 is 16.1 Å². The molecule has 0 saturated heterocycles. The summed E-state index contributed by atoms with van der Waals surface area (Å²) in [5.41, 5.74) is 2.45. The average molecular weight is 426 g/mol. The van der Waals surface area contributed by atoms with E-state index in [-0.39, 0.29) is 4.90 Å². The van der Waals surface area contributed by atoms with Crippen LogP contribution in [-0.4, -0.2) is 46.0 Å². The summed E-state index contributed by atoms with van der Waals surface area (Å²) < 4.78 is 27.7. The summed E-state index contributed by atoms with van der Waals surface area (Å²) in [5.74, 6) is 0.115. The van der Waals surface area contributed by atoms with Gasteiger partial charge in [-0.2, -0.15) is 10.2 Å². The minimum Gasteiger partial charge on any atom is -0.444 e. The van der Waals surface area contributed by atoms with Gasteiger partial charge in [0.15, 0.2) is 6.29 Å². The molecule has 30 heavy (non-hydrogen) atoms. The second-order valence-electron chi connectivity index (χ2n) is 5.69. The van der Waals surface area contributed by atoms with Crippen LogP contribution >= 0.6 is 0 Å². The van der Waals surface area contributed by atoms with Crippen molar-refractivity contribution in [1.82, 2.24) is 25.4 Å². The van der Waals surface area contributed by atoms with Crippen molar-refractivity contribution in [3.05, 3.63) is 84.1 Å². The van der Waals surface area contributed by atoms with E-state index in [0.29, 0.717) is 11.5 Å². The molecule has 3 aromatic heterocycles. The lowest BCUT2D eigenvalue weighted by Gasteiger charge is -1.97.